The number of nitrogens with one attached hydrogen (secondary N) is 1. The van der Waals surface area contributed by atoms with Crippen molar-refractivity contribution in [1.82, 2.24) is 15.3 Å². The first-order chi connectivity index (χ1) is 8.56. The third-order valence-corrected chi connectivity index (χ3v) is 3.45. The standard InChI is InChI=1S/C14H24N4/c1-10(2)15-8-11-5-6-13-12(7-11)9-16-14(17-13)18(3)4/h9-11,15H,5-8H2,1-4H3. The van der Waals surface area contributed by atoms with Crippen LogP contribution in [0.4, 0.5) is 5.95 Å². The van der Waals surface area contributed by atoms with E-state index in [1.54, 1.807) is 0 Å². The van der Waals surface area contributed by atoms with Gasteiger partial charge in [-0.05, 0) is 37.3 Å². The zero-order chi connectivity index (χ0) is 13.1. The minimum absolute atomic E-state index is 0.568. The van der Waals surface area contributed by atoms with Crippen LogP contribution in [-0.2, 0) is 12.8 Å². The lowest BCUT2D eigenvalue weighted by Gasteiger charge is -2.25. The normalized spacial score (nSPS) is 18.8. The van der Waals surface area contributed by atoms with Gasteiger partial charge in [0.05, 0.1) is 0 Å². The van der Waals surface area contributed by atoms with Crippen molar-refractivity contribution in [2.45, 2.75) is 39.2 Å². The molecule has 1 aromatic rings. The summed E-state index contributed by atoms with van der Waals surface area (Å²) in [6, 6.07) is 0.568. The fraction of sp³-hybridized carbons (Fsp3) is 0.714. The molecule has 0 fully saturated rings. The van der Waals surface area contributed by atoms with Crippen LogP contribution in [0.15, 0.2) is 6.20 Å². The van der Waals surface area contributed by atoms with Crippen LogP contribution >= 0.6 is 0 Å². The molecule has 18 heavy (non-hydrogen) atoms. The minimum atomic E-state index is 0.568. The lowest BCUT2D eigenvalue weighted by Crippen LogP contribution is -2.32. The first kappa shape index (κ1) is 13.3. The molecule has 2 rings (SSSR count). The second-order valence-electron chi connectivity index (χ2n) is 5.71. The molecule has 1 N–H and O–H groups in total. The van der Waals surface area contributed by atoms with Crippen LogP contribution < -0.4 is 10.2 Å². The highest BCUT2D eigenvalue weighted by atomic mass is 15.2. The smallest absolute Gasteiger partial charge is 0.224 e. The maximum absolute atomic E-state index is 4.64. The molecule has 0 amide bonds. The van der Waals surface area contributed by atoms with Gasteiger partial charge in [0.25, 0.3) is 0 Å². The summed E-state index contributed by atoms with van der Waals surface area (Å²) in [6.07, 6.45) is 5.45. The van der Waals surface area contributed by atoms with Crippen LogP contribution in [0.25, 0.3) is 0 Å². The second-order valence-corrected chi connectivity index (χ2v) is 5.71. The molecule has 1 unspecified atom stereocenters. The fourth-order valence-corrected chi connectivity index (χ4v) is 2.36. The van der Waals surface area contributed by atoms with Gasteiger partial charge in [0.15, 0.2) is 0 Å². The molecule has 0 aliphatic heterocycles. The van der Waals surface area contributed by atoms with Gasteiger partial charge in [0.2, 0.25) is 5.95 Å². The van der Waals surface area contributed by atoms with Crippen molar-refractivity contribution in [3.63, 3.8) is 0 Å². The SMILES string of the molecule is CC(C)NCC1CCc2nc(N(C)C)ncc2C1. The van der Waals surface area contributed by atoms with E-state index >= 15 is 0 Å². The van der Waals surface area contributed by atoms with Gasteiger partial charge in [-0.2, -0.15) is 0 Å². The average molecular weight is 248 g/mol. The van der Waals surface area contributed by atoms with Gasteiger partial charge in [-0.1, -0.05) is 13.8 Å². The number of rotatable bonds is 4. The molecule has 0 aromatic carbocycles. The third-order valence-electron chi connectivity index (χ3n) is 3.45. The topological polar surface area (TPSA) is 41.1 Å². The molecule has 0 spiro atoms. The van der Waals surface area contributed by atoms with Crippen LogP contribution in [0.2, 0.25) is 0 Å². The van der Waals surface area contributed by atoms with E-state index in [1.807, 2.05) is 25.2 Å². The fourth-order valence-electron chi connectivity index (χ4n) is 2.36. The van der Waals surface area contributed by atoms with E-state index in [4.69, 9.17) is 0 Å². The van der Waals surface area contributed by atoms with Crippen LogP contribution in [0.5, 0.6) is 0 Å². The Morgan fingerprint density at radius 1 is 1.44 bits per heavy atom. The number of hydrogen-bond donors (Lipinski definition) is 1. The molecular formula is C14H24N4. The molecule has 4 heteroatoms. The molecule has 1 aliphatic rings. The Hall–Kier alpha value is -1.16. The summed E-state index contributed by atoms with van der Waals surface area (Å²) in [5.74, 6) is 1.56. The molecular weight excluding hydrogens is 224 g/mol. The van der Waals surface area contributed by atoms with Gasteiger partial charge in [0, 0.05) is 32.0 Å². The summed E-state index contributed by atoms with van der Waals surface area (Å²) in [5, 5.41) is 3.53. The van der Waals surface area contributed by atoms with Crippen molar-refractivity contribution in [2.24, 2.45) is 5.92 Å². The summed E-state index contributed by atoms with van der Waals surface area (Å²) < 4.78 is 0. The molecule has 0 saturated heterocycles. The van der Waals surface area contributed by atoms with Crippen LogP contribution in [0, 0.1) is 5.92 Å². The van der Waals surface area contributed by atoms with Crippen molar-refractivity contribution in [2.75, 3.05) is 25.5 Å². The molecule has 1 aliphatic carbocycles. The molecule has 0 bridgehead atoms. The van der Waals surface area contributed by atoms with E-state index in [-0.39, 0.29) is 0 Å². The van der Waals surface area contributed by atoms with Gasteiger partial charge >= 0.3 is 0 Å². The molecule has 1 aromatic heterocycles. The van der Waals surface area contributed by atoms with Crippen LogP contribution in [0.3, 0.4) is 0 Å². The average Bonchev–Trinajstić information content (AvgIpc) is 2.35. The molecule has 100 valence electrons. The van der Waals surface area contributed by atoms with Gasteiger partial charge in [0.1, 0.15) is 0 Å². The summed E-state index contributed by atoms with van der Waals surface area (Å²) in [7, 11) is 3.97. The zero-order valence-electron chi connectivity index (χ0n) is 11.9. The quantitative estimate of drug-likeness (QED) is 0.879. The first-order valence-corrected chi connectivity index (χ1v) is 6.81. The minimum Gasteiger partial charge on any atom is -0.347 e. The number of anilines is 1. The first-order valence-electron chi connectivity index (χ1n) is 6.81. The number of aryl methyl sites for hydroxylation is 1. The molecule has 1 atom stereocenters. The summed E-state index contributed by atoms with van der Waals surface area (Å²) in [4.78, 5) is 11.0. The predicted molar refractivity (Wildman–Crippen MR) is 75.0 cm³/mol. The zero-order valence-corrected chi connectivity index (χ0v) is 11.9. The van der Waals surface area contributed by atoms with E-state index in [0.717, 1.165) is 31.3 Å². The highest BCUT2D eigenvalue weighted by Gasteiger charge is 2.20. The highest BCUT2D eigenvalue weighted by molar-refractivity contribution is 5.32. The predicted octanol–water partition coefficient (Wildman–Crippen LogP) is 1.65. The van der Waals surface area contributed by atoms with Gasteiger partial charge in [-0.25, -0.2) is 9.97 Å². The monoisotopic (exact) mass is 248 g/mol. The molecule has 0 saturated carbocycles. The van der Waals surface area contributed by atoms with E-state index < -0.39 is 0 Å². The lowest BCUT2D eigenvalue weighted by molar-refractivity contribution is 0.402. The summed E-state index contributed by atoms with van der Waals surface area (Å²) >= 11 is 0. The number of nitrogens with zero attached hydrogens (tertiary/aromatic N) is 3. The molecule has 0 radical (unpaired) electrons. The van der Waals surface area contributed by atoms with Crippen molar-refractivity contribution in [3.05, 3.63) is 17.5 Å². The number of fused-ring (bicyclic) bond motifs is 1. The molecule has 4 nitrogen and oxygen atoms in total. The van der Waals surface area contributed by atoms with Crippen molar-refractivity contribution in [3.8, 4) is 0 Å². The Morgan fingerprint density at radius 2 is 2.22 bits per heavy atom. The van der Waals surface area contributed by atoms with E-state index in [1.165, 1.54) is 17.7 Å². The van der Waals surface area contributed by atoms with Crippen molar-refractivity contribution >= 4 is 5.95 Å². The van der Waals surface area contributed by atoms with E-state index in [2.05, 4.69) is 29.1 Å². The van der Waals surface area contributed by atoms with Gasteiger partial charge < -0.3 is 10.2 Å². The summed E-state index contributed by atoms with van der Waals surface area (Å²) in [5.41, 5.74) is 2.58. The van der Waals surface area contributed by atoms with Crippen LogP contribution in [0.1, 0.15) is 31.5 Å². The Kier molecular flexibility index (Phi) is 4.17. The Morgan fingerprint density at radius 3 is 2.89 bits per heavy atom. The summed E-state index contributed by atoms with van der Waals surface area (Å²) in [6.45, 7) is 5.50. The maximum atomic E-state index is 4.64. The highest BCUT2D eigenvalue weighted by Crippen LogP contribution is 2.24. The molecule has 1 heterocycles. The van der Waals surface area contributed by atoms with Crippen LogP contribution in [-0.4, -0.2) is 36.6 Å². The maximum Gasteiger partial charge on any atom is 0.224 e. The van der Waals surface area contributed by atoms with E-state index in [9.17, 15) is 0 Å². The van der Waals surface area contributed by atoms with Crippen molar-refractivity contribution in [1.29, 1.82) is 0 Å². The van der Waals surface area contributed by atoms with Crippen molar-refractivity contribution < 1.29 is 0 Å². The largest absolute Gasteiger partial charge is 0.347 e. The number of hydrogen-bond acceptors (Lipinski definition) is 4. The lowest BCUT2D eigenvalue weighted by atomic mass is 9.87. The van der Waals surface area contributed by atoms with E-state index in [0.29, 0.717) is 6.04 Å². The van der Waals surface area contributed by atoms with Gasteiger partial charge in [-0.15, -0.1) is 0 Å². The third kappa shape index (κ3) is 3.19. The Bertz CT molecular complexity index is 401. The Labute approximate surface area is 110 Å². The number of aromatic nitrogens is 2. The second kappa shape index (κ2) is 5.65. The Balaban J connectivity index is 2.02. The van der Waals surface area contributed by atoms with Gasteiger partial charge in [-0.3, -0.25) is 0 Å².